The van der Waals surface area contributed by atoms with Crippen molar-refractivity contribution in [2.45, 2.75) is 0 Å². The van der Waals surface area contributed by atoms with Crippen molar-refractivity contribution < 1.29 is 4.42 Å². The van der Waals surface area contributed by atoms with Crippen LogP contribution in [0.15, 0.2) is 174 Å². The van der Waals surface area contributed by atoms with Gasteiger partial charge in [0.05, 0.1) is 22.1 Å². The van der Waals surface area contributed by atoms with Gasteiger partial charge in [-0.2, -0.15) is 0 Å². The minimum Gasteiger partial charge on any atom is -0.455 e. The third-order valence-corrected chi connectivity index (χ3v) is 9.53. The molecule has 0 amide bonds. The lowest BCUT2D eigenvalue weighted by Crippen LogP contribution is -2.10. The van der Waals surface area contributed by atoms with E-state index < -0.39 is 0 Å². The molecule has 3 heteroatoms. The first-order chi connectivity index (χ1) is 23.3. The van der Waals surface area contributed by atoms with Crippen molar-refractivity contribution in [2.24, 2.45) is 0 Å². The summed E-state index contributed by atoms with van der Waals surface area (Å²) in [4.78, 5) is 2.38. The van der Waals surface area contributed by atoms with Crippen LogP contribution >= 0.6 is 0 Å². The van der Waals surface area contributed by atoms with Crippen molar-refractivity contribution in [1.82, 2.24) is 4.57 Å². The molecule has 0 fully saturated rings. The number of hydrogen-bond acceptors (Lipinski definition) is 2. The Kier molecular flexibility index (Phi) is 5.57. The van der Waals surface area contributed by atoms with Crippen LogP contribution in [0.3, 0.4) is 0 Å². The predicted octanol–water partition coefficient (Wildman–Crippen LogP) is 12.5. The standard InChI is InChI=1S/C44H28N2O/c1-3-14-31(15-4-1)45(39-20-11-21-41-43(39)36-25-22-30-13-8-10-19-35(30)44(36)47-41)33-24-27-38-37(28-33)42-34-18-9-7-12-29(34)23-26-40(42)46(38)32-16-5-2-6-17-32/h1-28H. The summed E-state index contributed by atoms with van der Waals surface area (Å²) in [7, 11) is 0. The van der Waals surface area contributed by atoms with E-state index in [-0.39, 0.29) is 0 Å². The average Bonchev–Trinajstić information content (AvgIpc) is 3.69. The van der Waals surface area contributed by atoms with Gasteiger partial charge in [0.1, 0.15) is 11.2 Å². The fraction of sp³-hybridized carbons (Fsp3) is 0. The summed E-state index contributed by atoms with van der Waals surface area (Å²) >= 11 is 0. The van der Waals surface area contributed by atoms with Crippen molar-refractivity contribution in [3.63, 3.8) is 0 Å². The van der Waals surface area contributed by atoms with Gasteiger partial charge in [0, 0.05) is 38.6 Å². The van der Waals surface area contributed by atoms with Crippen LogP contribution in [0.1, 0.15) is 0 Å². The van der Waals surface area contributed by atoms with E-state index in [2.05, 4.69) is 179 Å². The van der Waals surface area contributed by atoms with Gasteiger partial charge in [-0.3, -0.25) is 0 Å². The molecular weight excluding hydrogens is 572 g/mol. The second-order valence-electron chi connectivity index (χ2n) is 12.1. The van der Waals surface area contributed by atoms with E-state index in [0.717, 1.165) is 50.1 Å². The minimum atomic E-state index is 0.877. The Labute approximate surface area is 271 Å². The first kappa shape index (κ1) is 26.0. The van der Waals surface area contributed by atoms with E-state index in [1.54, 1.807) is 0 Å². The molecule has 10 aromatic rings. The fourth-order valence-electron chi connectivity index (χ4n) is 7.50. The highest BCUT2D eigenvalue weighted by molar-refractivity contribution is 6.23. The number of nitrogens with zero attached hydrogens (tertiary/aromatic N) is 2. The summed E-state index contributed by atoms with van der Waals surface area (Å²) in [5.41, 5.74) is 8.59. The van der Waals surface area contributed by atoms with E-state index in [1.807, 2.05) is 0 Å². The lowest BCUT2D eigenvalue weighted by atomic mass is 10.0. The molecule has 0 radical (unpaired) electrons. The highest BCUT2D eigenvalue weighted by Gasteiger charge is 2.22. The van der Waals surface area contributed by atoms with Gasteiger partial charge in [0.15, 0.2) is 0 Å². The predicted molar refractivity (Wildman–Crippen MR) is 198 cm³/mol. The zero-order valence-corrected chi connectivity index (χ0v) is 25.5. The van der Waals surface area contributed by atoms with E-state index in [0.29, 0.717) is 0 Å². The van der Waals surface area contributed by atoms with Crippen LogP contribution < -0.4 is 4.90 Å². The maximum atomic E-state index is 6.63. The Hall–Kier alpha value is -6.32. The van der Waals surface area contributed by atoms with E-state index in [1.165, 1.54) is 38.0 Å². The quantitative estimate of drug-likeness (QED) is 0.200. The number of benzene rings is 8. The third kappa shape index (κ3) is 3.87. The molecule has 8 aromatic carbocycles. The van der Waals surface area contributed by atoms with Gasteiger partial charge in [-0.15, -0.1) is 0 Å². The summed E-state index contributed by atoms with van der Waals surface area (Å²) < 4.78 is 9.02. The molecule has 0 unspecified atom stereocenters. The van der Waals surface area contributed by atoms with Crippen LogP contribution in [0.2, 0.25) is 0 Å². The normalized spacial score (nSPS) is 11.8. The zero-order valence-electron chi connectivity index (χ0n) is 25.5. The summed E-state index contributed by atoms with van der Waals surface area (Å²) in [5, 5.41) is 9.48. The second-order valence-corrected chi connectivity index (χ2v) is 12.1. The van der Waals surface area contributed by atoms with Crippen molar-refractivity contribution in [1.29, 1.82) is 0 Å². The molecule has 0 aliphatic heterocycles. The lowest BCUT2D eigenvalue weighted by Gasteiger charge is -2.26. The number of rotatable bonds is 4. The summed E-state index contributed by atoms with van der Waals surface area (Å²) in [6.07, 6.45) is 0. The number of fused-ring (bicyclic) bond motifs is 10. The van der Waals surface area contributed by atoms with Crippen LogP contribution in [-0.4, -0.2) is 4.57 Å². The van der Waals surface area contributed by atoms with Gasteiger partial charge >= 0.3 is 0 Å². The number of para-hydroxylation sites is 2. The fourth-order valence-corrected chi connectivity index (χ4v) is 7.50. The maximum absolute atomic E-state index is 6.63. The summed E-state index contributed by atoms with van der Waals surface area (Å²) in [6, 6.07) is 60.7. The smallest absolute Gasteiger partial charge is 0.143 e. The van der Waals surface area contributed by atoms with Gasteiger partial charge < -0.3 is 13.9 Å². The van der Waals surface area contributed by atoms with Crippen LogP contribution in [0.4, 0.5) is 17.1 Å². The molecule has 0 bridgehead atoms. The number of hydrogen-bond donors (Lipinski definition) is 0. The largest absolute Gasteiger partial charge is 0.455 e. The first-order valence-corrected chi connectivity index (χ1v) is 16.0. The Bertz CT molecular complexity index is 2790. The second kappa shape index (κ2) is 10.1. The van der Waals surface area contributed by atoms with Crippen LogP contribution in [0.25, 0.3) is 71.0 Å². The molecular formula is C44H28N2O. The van der Waals surface area contributed by atoms with E-state index >= 15 is 0 Å². The molecule has 2 heterocycles. The first-order valence-electron chi connectivity index (χ1n) is 16.0. The molecule has 47 heavy (non-hydrogen) atoms. The molecule has 0 atom stereocenters. The Morgan fingerprint density at radius 3 is 1.94 bits per heavy atom. The van der Waals surface area contributed by atoms with E-state index in [9.17, 15) is 0 Å². The Morgan fingerprint density at radius 2 is 1.11 bits per heavy atom. The van der Waals surface area contributed by atoms with Crippen molar-refractivity contribution in [3.8, 4) is 5.69 Å². The highest BCUT2D eigenvalue weighted by Crippen LogP contribution is 2.46. The highest BCUT2D eigenvalue weighted by atomic mass is 16.3. The topological polar surface area (TPSA) is 21.3 Å². The van der Waals surface area contributed by atoms with Crippen molar-refractivity contribution >= 4 is 82.4 Å². The molecule has 0 aliphatic carbocycles. The minimum absolute atomic E-state index is 0.877. The van der Waals surface area contributed by atoms with Gasteiger partial charge in [0.25, 0.3) is 0 Å². The number of anilines is 3. The van der Waals surface area contributed by atoms with Gasteiger partial charge in [0.2, 0.25) is 0 Å². The zero-order chi connectivity index (χ0) is 30.9. The van der Waals surface area contributed by atoms with Gasteiger partial charge in [-0.1, -0.05) is 103 Å². The van der Waals surface area contributed by atoms with Crippen LogP contribution in [0.5, 0.6) is 0 Å². The van der Waals surface area contributed by atoms with Gasteiger partial charge in [-0.05, 0) is 82.9 Å². The molecule has 10 rings (SSSR count). The molecule has 0 aliphatic rings. The summed E-state index contributed by atoms with van der Waals surface area (Å²) in [6.45, 7) is 0. The third-order valence-electron chi connectivity index (χ3n) is 9.53. The average molecular weight is 601 g/mol. The van der Waals surface area contributed by atoms with Crippen molar-refractivity contribution in [3.05, 3.63) is 170 Å². The van der Waals surface area contributed by atoms with Crippen LogP contribution in [-0.2, 0) is 0 Å². The van der Waals surface area contributed by atoms with Gasteiger partial charge in [-0.25, -0.2) is 0 Å². The van der Waals surface area contributed by atoms with Crippen molar-refractivity contribution in [2.75, 3.05) is 4.90 Å². The molecule has 3 nitrogen and oxygen atoms in total. The molecule has 2 aromatic heterocycles. The van der Waals surface area contributed by atoms with Crippen LogP contribution in [0, 0.1) is 0 Å². The number of aromatic nitrogens is 1. The lowest BCUT2D eigenvalue weighted by molar-refractivity contribution is 0.672. The molecule has 0 saturated heterocycles. The Balaban J connectivity index is 1.30. The molecule has 0 spiro atoms. The number of furan rings is 1. The summed E-state index contributed by atoms with van der Waals surface area (Å²) in [5.74, 6) is 0. The monoisotopic (exact) mass is 600 g/mol. The molecule has 0 N–H and O–H groups in total. The molecule has 0 saturated carbocycles. The Morgan fingerprint density at radius 1 is 0.426 bits per heavy atom. The SMILES string of the molecule is c1ccc(N(c2ccc3c(c2)c2c4ccccc4ccc2n3-c2ccccc2)c2cccc3oc4c5ccccc5ccc4c23)cc1. The molecule has 220 valence electrons. The maximum Gasteiger partial charge on any atom is 0.143 e. The van der Waals surface area contributed by atoms with E-state index in [4.69, 9.17) is 4.42 Å².